The van der Waals surface area contributed by atoms with Crippen molar-refractivity contribution >= 4 is 34.6 Å². The molecule has 3 aromatic rings. The van der Waals surface area contributed by atoms with E-state index in [1.54, 1.807) is 0 Å². The lowest BCUT2D eigenvalue weighted by molar-refractivity contribution is -0.134. The summed E-state index contributed by atoms with van der Waals surface area (Å²) in [6, 6.07) is 13.1. The van der Waals surface area contributed by atoms with Crippen LogP contribution < -0.4 is 15.4 Å². The Bertz CT molecular complexity index is 1050. The van der Waals surface area contributed by atoms with Crippen molar-refractivity contribution in [1.29, 1.82) is 0 Å². The van der Waals surface area contributed by atoms with Gasteiger partial charge in [0.25, 0.3) is 0 Å². The maximum Gasteiger partial charge on any atom is 0.237 e. The minimum absolute atomic E-state index is 0.109. The Kier molecular flexibility index (Phi) is 6.73. The Labute approximate surface area is 184 Å². The molecule has 0 spiro atoms. The maximum atomic E-state index is 12.6. The van der Waals surface area contributed by atoms with Gasteiger partial charge < -0.3 is 15.4 Å². The number of hydrogen-bond acceptors (Lipinski definition) is 7. The molecule has 1 saturated heterocycles. The van der Waals surface area contributed by atoms with E-state index < -0.39 is 6.04 Å². The van der Waals surface area contributed by atoms with Crippen molar-refractivity contribution in [3.05, 3.63) is 53.6 Å². The number of nitrogens with zero attached hydrogens (tertiary/aromatic N) is 3. The van der Waals surface area contributed by atoms with Crippen molar-refractivity contribution in [3.63, 3.8) is 0 Å². The Morgan fingerprint density at radius 1 is 1.19 bits per heavy atom. The monoisotopic (exact) mass is 439 g/mol. The standard InChI is InChI=1S/C22H25N5O3S/c1-2-30-17-6-3-15(4-7-17)14-27-10-9-23-22(29)20(27)12-21(28)24-13-16-5-8-18-19(11-16)26-31-25-18/h3-8,11,20H,2,9-10,12-14H2,1H3,(H,23,29)(H,24,28)/t20-/m1/s1. The van der Waals surface area contributed by atoms with E-state index in [-0.39, 0.29) is 18.2 Å². The number of benzene rings is 2. The van der Waals surface area contributed by atoms with E-state index in [0.717, 1.165) is 27.9 Å². The lowest BCUT2D eigenvalue weighted by Crippen LogP contribution is -2.56. The van der Waals surface area contributed by atoms with Crippen LogP contribution in [0.4, 0.5) is 0 Å². The number of carbonyl (C=O) groups excluding carboxylic acids is 2. The second-order valence-corrected chi connectivity index (χ2v) is 7.95. The molecule has 0 radical (unpaired) electrons. The average molecular weight is 440 g/mol. The maximum absolute atomic E-state index is 12.6. The first-order valence-corrected chi connectivity index (χ1v) is 11.1. The van der Waals surface area contributed by atoms with E-state index in [2.05, 4.69) is 24.3 Å². The number of piperazine rings is 1. The third-order valence-electron chi connectivity index (χ3n) is 5.25. The highest BCUT2D eigenvalue weighted by atomic mass is 32.1. The van der Waals surface area contributed by atoms with Crippen LogP contribution in [0.2, 0.25) is 0 Å². The van der Waals surface area contributed by atoms with E-state index in [4.69, 9.17) is 4.74 Å². The van der Waals surface area contributed by atoms with Gasteiger partial charge in [-0.2, -0.15) is 8.75 Å². The highest BCUT2D eigenvalue weighted by Crippen LogP contribution is 2.18. The Balaban J connectivity index is 1.35. The largest absolute Gasteiger partial charge is 0.494 e. The number of rotatable bonds is 8. The molecule has 1 aromatic heterocycles. The summed E-state index contributed by atoms with van der Waals surface area (Å²) >= 11 is 1.17. The van der Waals surface area contributed by atoms with E-state index in [0.29, 0.717) is 32.8 Å². The van der Waals surface area contributed by atoms with Crippen LogP contribution in [0.15, 0.2) is 42.5 Å². The summed E-state index contributed by atoms with van der Waals surface area (Å²) in [6.07, 6.45) is 0.114. The van der Waals surface area contributed by atoms with Crippen molar-refractivity contribution in [1.82, 2.24) is 24.3 Å². The topological polar surface area (TPSA) is 96.5 Å². The van der Waals surface area contributed by atoms with Crippen LogP contribution in [0.3, 0.4) is 0 Å². The molecule has 1 aliphatic heterocycles. The Hall–Kier alpha value is -3.04. The average Bonchev–Trinajstić information content (AvgIpc) is 3.24. The third kappa shape index (κ3) is 5.36. The number of fused-ring (bicyclic) bond motifs is 1. The lowest BCUT2D eigenvalue weighted by atomic mass is 10.1. The van der Waals surface area contributed by atoms with Crippen molar-refractivity contribution in [2.75, 3.05) is 19.7 Å². The lowest BCUT2D eigenvalue weighted by Gasteiger charge is -2.34. The molecule has 2 heterocycles. The molecule has 8 nitrogen and oxygen atoms in total. The van der Waals surface area contributed by atoms with E-state index in [1.807, 2.05) is 49.4 Å². The van der Waals surface area contributed by atoms with Crippen molar-refractivity contribution in [2.24, 2.45) is 0 Å². The fourth-order valence-electron chi connectivity index (χ4n) is 3.65. The van der Waals surface area contributed by atoms with Crippen molar-refractivity contribution < 1.29 is 14.3 Å². The van der Waals surface area contributed by atoms with Crippen LogP contribution >= 0.6 is 11.7 Å². The quantitative estimate of drug-likeness (QED) is 0.558. The van der Waals surface area contributed by atoms with Gasteiger partial charge >= 0.3 is 0 Å². The van der Waals surface area contributed by atoms with Gasteiger partial charge in [-0.3, -0.25) is 14.5 Å². The summed E-state index contributed by atoms with van der Waals surface area (Å²) < 4.78 is 13.9. The fraction of sp³-hybridized carbons (Fsp3) is 0.364. The van der Waals surface area contributed by atoms with Gasteiger partial charge in [-0.05, 0) is 42.3 Å². The number of aromatic nitrogens is 2. The smallest absolute Gasteiger partial charge is 0.237 e. The molecule has 4 rings (SSSR count). The molecule has 2 N–H and O–H groups in total. The summed E-state index contributed by atoms with van der Waals surface area (Å²) in [6.45, 7) is 4.84. The molecule has 31 heavy (non-hydrogen) atoms. The molecular formula is C22H25N5O3S. The van der Waals surface area contributed by atoms with Crippen LogP contribution in [0.1, 0.15) is 24.5 Å². The van der Waals surface area contributed by atoms with Gasteiger partial charge in [-0.1, -0.05) is 18.2 Å². The van der Waals surface area contributed by atoms with Crippen LogP contribution in [0.25, 0.3) is 11.0 Å². The molecule has 2 amide bonds. The first-order valence-electron chi connectivity index (χ1n) is 10.3. The summed E-state index contributed by atoms with van der Waals surface area (Å²) in [5, 5.41) is 5.80. The summed E-state index contributed by atoms with van der Waals surface area (Å²) in [4.78, 5) is 27.1. The van der Waals surface area contributed by atoms with Gasteiger partial charge in [-0.15, -0.1) is 0 Å². The molecule has 1 aliphatic rings. The highest BCUT2D eigenvalue weighted by Gasteiger charge is 2.31. The van der Waals surface area contributed by atoms with Gasteiger partial charge in [0.2, 0.25) is 11.8 Å². The second kappa shape index (κ2) is 9.84. The molecule has 0 saturated carbocycles. The number of ether oxygens (including phenoxy) is 1. The van der Waals surface area contributed by atoms with Crippen LogP contribution in [0.5, 0.6) is 5.75 Å². The molecule has 0 unspecified atom stereocenters. The molecule has 2 aromatic carbocycles. The van der Waals surface area contributed by atoms with Crippen LogP contribution in [-0.4, -0.2) is 51.2 Å². The number of hydrogen-bond donors (Lipinski definition) is 2. The molecule has 0 aliphatic carbocycles. The molecule has 162 valence electrons. The van der Waals surface area contributed by atoms with E-state index in [1.165, 1.54) is 11.7 Å². The number of carbonyl (C=O) groups is 2. The van der Waals surface area contributed by atoms with Crippen LogP contribution in [-0.2, 0) is 22.7 Å². The van der Waals surface area contributed by atoms with E-state index in [9.17, 15) is 9.59 Å². The zero-order valence-electron chi connectivity index (χ0n) is 17.3. The van der Waals surface area contributed by atoms with Gasteiger partial charge in [-0.25, -0.2) is 0 Å². The van der Waals surface area contributed by atoms with E-state index >= 15 is 0 Å². The Morgan fingerprint density at radius 2 is 1.97 bits per heavy atom. The van der Waals surface area contributed by atoms with Gasteiger partial charge in [0.1, 0.15) is 16.8 Å². The van der Waals surface area contributed by atoms with Gasteiger partial charge in [0.15, 0.2) is 0 Å². The van der Waals surface area contributed by atoms with Gasteiger partial charge in [0.05, 0.1) is 30.8 Å². The minimum atomic E-state index is -0.495. The summed E-state index contributed by atoms with van der Waals surface area (Å²) in [5.74, 6) is 0.558. The predicted octanol–water partition coefficient (Wildman–Crippen LogP) is 2.10. The van der Waals surface area contributed by atoms with Crippen molar-refractivity contribution in [2.45, 2.75) is 32.5 Å². The zero-order chi connectivity index (χ0) is 21.6. The SMILES string of the molecule is CCOc1ccc(CN2CCNC(=O)[C@H]2CC(=O)NCc2ccc3nsnc3c2)cc1. The molecule has 0 bridgehead atoms. The summed E-state index contributed by atoms with van der Waals surface area (Å²) in [7, 11) is 0. The minimum Gasteiger partial charge on any atom is -0.494 e. The van der Waals surface area contributed by atoms with Gasteiger partial charge in [0, 0.05) is 26.2 Å². The number of amides is 2. The Morgan fingerprint density at radius 3 is 2.77 bits per heavy atom. The third-order valence-corrected chi connectivity index (χ3v) is 5.80. The predicted molar refractivity (Wildman–Crippen MR) is 119 cm³/mol. The summed E-state index contributed by atoms with van der Waals surface area (Å²) in [5.41, 5.74) is 3.70. The zero-order valence-corrected chi connectivity index (χ0v) is 18.2. The first kappa shape index (κ1) is 21.2. The number of nitrogens with one attached hydrogen (secondary N) is 2. The van der Waals surface area contributed by atoms with Crippen molar-refractivity contribution in [3.8, 4) is 5.75 Å². The molecule has 1 atom stereocenters. The second-order valence-electron chi connectivity index (χ2n) is 7.42. The highest BCUT2D eigenvalue weighted by molar-refractivity contribution is 7.00. The fourth-order valence-corrected chi connectivity index (χ4v) is 4.17. The molecular weight excluding hydrogens is 414 g/mol. The molecule has 9 heteroatoms. The first-order chi connectivity index (χ1) is 15.1. The normalized spacial score (nSPS) is 16.8. The van der Waals surface area contributed by atoms with Crippen LogP contribution in [0, 0.1) is 0 Å². The molecule has 1 fully saturated rings.